The monoisotopic (exact) mass is 418 g/mol. The van der Waals surface area contributed by atoms with Crippen molar-refractivity contribution >= 4 is 33.3 Å². The van der Waals surface area contributed by atoms with Gasteiger partial charge in [0, 0.05) is 13.0 Å². The summed E-state index contributed by atoms with van der Waals surface area (Å²) in [5.41, 5.74) is 0.920. The number of para-hydroxylation sites is 3. The molecule has 0 unspecified atom stereocenters. The molecule has 0 saturated heterocycles. The van der Waals surface area contributed by atoms with Gasteiger partial charge in [0.1, 0.15) is 5.75 Å². The molecule has 1 atom stereocenters. The third-order valence-corrected chi connectivity index (χ3v) is 5.55. The minimum Gasteiger partial charge on any atom is -0.478 e. The molecule has 0 radical (unpaired) electrons. The first-order valence-electron chi connectivity index (χ1n) is 9.11. The minimum absolute atomic E-state index is 0.0907. The summed E-state index contributed by atoms with van der Waals surface area (Å²) >= 11 is 0. The number of sulfonamides is 1. The summed E-state index contributed by atoms with van der Waals surface area (Å²) in [6.07, 6.45) is 0.327. The van der Waals surface area contributed by atoms with Gasteiger partial charge in [0.2, 0.25) is 10.0 Å². The van der Waals surface area contributed by atoms with Gasteiger partial charge in [0.05, 0.1) is 29.8 Å². The van der Waals surface area contributed by atoms with Crippen LogP contribution in [-0.4, -0.2) is 45.8 Å². The maximum absolute atomic E-state index is 12.9. The molecule has 1 aliphatic heterocycles. The van der Waals surface area contributed by atoms with E-state index in [-0.39, 0.29) is 25.1 Å². The average Bonchev–Trinajstić information content (AvgIpc) is 2.88. The molecule has 2 aromatic rings. The number of hydrogen-bond donors (Lipinski definition) is 1. The fraction of sp³-hybridized carbons (Fsp3) is 0.300. The van der Waals surface area contributed by atoms with Gasteiger partial charge in [0.15, 0.2) is 6.10 Å². The second-order valence-corrected chi connectivity index (χ2v) is 8.36. The topological polar surface area (TPSA) is 102 Å². The van der Waals surface area contributed by atoms with Crippen LogP contribution in [0.25, 0.3) is 0 Å². The molecule has 0 fully saturated rings. The Morgan fingerprint density at radius 1 is 1.17 bits per heavy atom. The lowest BCUT2D eigenvalue weighted by Gasteiger charge is -2.20. The van der Waals surface area contributed by atoms with Gasteiger partial charge >= 0.3 is 5.97 Å². The van der Waals surface area contributed by atoms with Crippen molar-refractivity contribution in [3.05, 3.63) is 54.1 Å². The minimum atomic E-state index is -3.53. The first-order chi connectivity index (χ1) is 13.8. The molecule has 1 aliphatic rings. The van der Waals surface area contributed by atoms with Crippen LogP contribution in [-0.2, 0) is 19.6 Å². The van der Waals surface area contributed by atoms with E-state index in [9.17, 15) is 18.0 Å². The number of nitrogens with one attached hydrogen (secondary N) is 1. The van der Waals surface area contributed by atoms with Crippen LogP contribution in [0.1, 0.15) is 23.7 Å². The average molecular weight is 418 g/mol. The molecule has 29 heavy (non-hydrogen) atoms. The Morgan fingerprint density at radius 3 is 2.59 bits per heavy atom. The number of carbonyl (C=O) groups excluding carboxylic acids is 2. The van der Waals surface area contributed by atoms with Crippen LogP contribution in [0.3, 0.4) is 0 Å². The zero-order valence-electron chi connectivity index (χ0n) is 16.1. The summed E-state index contributed by atoms with van der Waals surface area (Å²) in [5.74, 6) is -0.722. The summed E-state index contributed by atoms with van der Waals surface area (Å²) in [6.45, 7) is 2.00. The van der Waals surface area contributed by atoms with Crippen molar-refractivity contribution in [3.63, 3.8) is 0 Å². The van der Waals surface area contributed by atoms with Crippen LogP contribution >= 0.6 is 0 Å². The van der Waals surface area contributed by atoms with Crippen LogP contribution in [0, 0.1) is 0 Å². The van der Waals surface area contributed by atoms with Crippen molar-refractivity contribution in [3.8, 4) is 5.75 Å². The number of esters is 1. The van der Waals surface area contributed by atoms with E-state index in [0.717, 1.165) is 6.26 Å². The van der Waals surface area contributed by atoms with Crippen LogP contribution in [0.15, 0.2) is 48.5 Å². The van der Waals surface area contributed by atoms with E-state index in [0.29, 0.717) is 17.1 Å². The summed E-state index contributed by atoms with van der Waals surface area (Å²) in [6, 6.07) is 13.2. The summed E-state index contributed by atoms with van der Waals surface area (Å²) in [5, 5.41) is 2.70. The number of nitrogens with zero attached hydrogens (tertiary/aromatic N) is 1. The zero-order chi connectivity index (χ0) is 21.0. The highest BCUT2D eigenvalue weighted by Gasteiger charge is 2.31. The smallest absolute Gasteiger partial charge is 0.340 e. The molecule has 1 amide bonds. The van der Waals surface area contributed by atoms with E-state index in [1.807, 2.05) is 0 Å². The lowest BCUT2D eigenvalue weighted by molar-refractivity contribution is -0.122. The first kappa shape index (κ1) is 20.7. The first-order valence-corrected chi connectivity index (χ1v) is 11.0. The molecule has 2 aromatic carbocycles. The number of carbonyl (C=O) groups is 2. The SMILES string of the molecule is CCOC(=O)c1ccccc1NC(=O)[C@H]1CCN(S(C)(=O)=O)c2ccccc2O1. The fourth-order valence-corrected chi connectivity index (χ4v) is 4.00. The van der Waals surface area contributed by atoms with Crippen molar-refractivity contribution in [2.75, 3.05) is 29.0 Å². The summed E-state index contributed by atoms with van der Waals surface area (Å²) in [4.78, 5) is 25.0. The Kier molecular flexibility index (Phi) is 6.07. The van der Waals surface area contributed by atoms with E-state index < -0.39 is 28.0 Å². The Bertz CT molecular complexity index is 1020. The van der Waals surface area contributed by atoms with Gasteiger partial charge in [0.25, 0.3) is 5.91 Å². The van der Waals surface area contributed by atoms with Crippen LogP contribution in [0.2, 0.25) is 0 Å². The number of anilines is 2. The maximum Gasteiger partial charge on any atom is 0.340 e. The predicted molar refractivity (Wildman–Crippen MR) is 109 cm³/mol. The van der Waals surface area contributed by atoms with Crippen LogP contribution < -0.4 is 14.4 Å². The molecule has 0 spiro atoms. The zero-order valence-corrected chi connectivity index (χ0v) is 16.9. The van der Waals surface area contributed by atoms with Gasteiger partial charge in [-0.3, -0.25) is 9.10 Å². The lowest BCUT2D eigenvalue weighted by atomic mass is 10.1. The number of amides is 1. The second-order valence-electron chi connectivity index (χ2n) is 6.45. The van der Waals surface area contributed by atoms with Crippen LogP contribution in [0.5, 0.6) is 5.75 Å². The van der Waals surface area contributed by atoms with E-state index in [4.69, 9.17) is 9.47 Å². The number of benzene rings is 2. The maximum atomic E-state index is 12.9. The van der Waals surface area contributed by atoms with Crippen molar-refractivity contribution in [2.24, 2.45) is 0 Å². The molecule has 0 bridgehead atoms. The second kappa shape index (κ2) is 8.52. The number of rotatable bonds is 5. The summed E-state index contributed by atoms with van der Waals surface area (Å²) in [7, 11) is -3.53. The van der Waals surface area contributed by atoms with Crippen LogP contribution in [0.4, 0.5) is 11.4 Å². The normalized spacial score (nSPS) is 16.2. The number of fused-ring (bicyclic) bond motifs is 1. The molecule has 1 N–H and O–H groups in total. The van der Waals surface area contributed by atoms with Gasteiger partial charge in [-0.2, -0.15) is 0 Å². The summed E-state index contributed by atoms with van der Waals surface area (Å²) < 4.78 is 36.4. The lowest BCUT2D eigenvalue weighted by Crippen LogP contribution is -2.36. The third-order valence-electron chi connectivity index (χ3n) is 4.37. The molecule has 154 valence electrons. The number of hydrogen-bond acceptors (Lipinski definition) is 6. The molecule has 0 aliphatic carbocycles. The molecule has 1 heterocycles. The van der Waals surface area contributed by atoms with Gasteiger partial charge < -0.3 is 14.8 Å². The van der Waals surface area contributed by atoms with Gasteiger partial charge in [-0.25, -0.2) is 13.2 Å². The van der Waals surface area contributed by atoms with Gasteiger partial charge in [-0.1, -0.05) is 24.3 Å². The quantitative estimate of drug-likeness (QED) is 0.748. The predicted octanol–water partition coefficient (Wildman–Crippen LogP) is 2.42. The fourth-order valence-electron chi connectivity index (χ4n) is 3.05. The largest absolute Gasteiger partial charge is 0.478 e. The Hall–Kier alpha value is -3.07. The van der Waals surface area contributed by atoms with Crippen molar-refractivity contribution in [1.29, 1.82) is 0 Å². The highest BCUT2D eigenvalue weighted by Crippen LogP contribution is 2.34. The highest BCUT2D eigenvalue weighted by atomic mass is 32.2. The standard InChI is InChI=1S/C20H22N2O6S/c1-3-27-20(24)14-8-4-5-9-15(14)21-19(23)18-12-13-22(29(2,25)26)16-10-6-7-11-17(16)28-18/h4-11,18H,3,12-13H2,1-2H3,(H,21,23)/t18-/m1/s1. The highest BCUT2D eigenvalue weighted by molar-refractivity contribution is 7.92. The van der Waals surface area contributed by atoms with Crippen molar-refractivity contribution in [1.82, 2.24) is 0 Å². The van der Waals surface area contributed by atoms with Crippen molar-refractivity contribution in [2.45, 2.75) is 19.4 Å². The van der Waals surface area contributed by atoms with E-state index in [1.54, 1.807) is 55.5 Å². The molecule has 9 heteroatoms. The Morgan fingerprint density at radius 2 is 1.86 bits per heavy atom. The molecule has 0 aromatic heterocycles. The molecule has 3 rings (SSSR count). The van der Waals surface area contributed by atoms with Gasteiger partial charge in [-0.05, 0) is 31.2 Å². The van der Waals surface area contributed by atoms with E-state index >= 15 is 0 Å². The molecular formula is C20H22N2O6S. The third kappa shape index (κ3) is 4.68. The van der Waals surface area contributed by atoms with E-state index in [1.165, 1.54) is 4.31 Å². The van der Waals surface area contributed by atoms with Gasteiger partial charge in [-0.15, -0.1) is 0 Å². The Balaban J connectivity index is 1.84. The Labute approximate surface area is 169 Å². The molecular weight excluding hydrogens is 396 g/mol. The van der Waals surface area contributed by atoms with Crippen molar-refractivity contribution < 1.29 is 27.5 Å². The van der Waals surface area contributed by atoms with E-state index in [2.05, 4.69) is 5.32 Å². The number of ether oxygens (including phenoxy) is 2. The molecule has 8 nitrogen and oxygen atoms in total. The molecule has 0 saturated carbocycles.